The van der Waals surface area contributed by atoms with Crippen LogP contribution in [0.25, 0.3) is 0 Å². The summed E-state index contributed by atoms with van der Waals surface area (Å²) in [5, 5.41) is 0. The summed E-state index contributed by atoms with van der Waals surface area (Å²) < 4.78 is 23.5. The topological polar surface area (TPSA) is 63.4 Å². The molecule has 0 aromatic carbocycles. The van der Waals surface area contributed by atoms with Crippen LogP contribution >= 0.6 is 0 Å². The van der Waals surface area contributed by atoms with Crippen molar-refractivity contribution in [1.29, 1.82) is 0 Å². The summed E-state index contributed by atoms with van der Waals surface area (Å²) in [6.07, 6.45) is 3.05. The van der Waals surface area contributed by atoms with Gasteiger partial charge in [0, 0.05) is 19.1 Å². The van der Waals surface area contributed by atoms with Gasteiger partial charge in [-0.2, -0.15) is 0 Å². The van der Waals surface area contributed by atoms with Crippen LogP contribution in [-0.4, -0.2) is 38.1 Å². The van der Waals surface area contributed by atoms with Crippen LogP contribution in [0.2, 0.25) is 0 Å². The molecule has 1 saturated heterocycles. The maximum absolute atomic E-state index is 11.0. The Morgan fingerprint density at radius 2 is 2.18 bits per heavy atom. The molecule has 1 aliphatic rings. The van der Waals surface area contributed by atoms with Gasteiger partial charge in [0.15, 0.2) is 0 Å². The zero-order valence-electron chi connectivity index (χ0n) is 6.66. The van der Waals surface area contributed by atoms with E-state index in [2.05, 4.69) is 0 Å². The van der Waals surface area contributed by atoms with Crippen molar-refractivity contribution >= 4 is 10.0 Å². The Labute approximate surface area is 67.4 Å². The van der Waals surface area contributed by atoms with Crippen molar-refractivity contribution in [2.45, 2.75) is 18.9 Å². The fourth-order valence-corrected chi connectivity index (χ4v) is 2.20. The normalized spacial score (nSPS) is 28.7. The largest absolute Gasteiger partial charge is 0.327 e. The van der Waals surface area contributed by atoms with Gasteiger partial charge in [0.05, 0.1) is 6.26 Å². The van der Waals surface area contributed by atoms with Crippen LogP contribution < -0.4 is 5.73 Å². The van der Waals surface area contributed by atoms with Crippen molar-refractivity contribution in [3.05, 3.63) is 0 Å². The summed E-state index contributed by atoms with van der Waals surface area (Å²) >= 11 is 0. The number of nitrogens with zero attached hydrogens (tertiary/aromatic N) is 1. The second-order valence-corrected chi connectivity index (χ2v) is 5.01. The van der Waals surface area contributed by atoms with Crippen LogP contribution in [0.4, 0.5) is 0 Å². The second kappa shape index (κ2) is 3.08. The van der Waals surface area contributed by atoms with Crippen LogP contribution in [0.15, 0.2) is 0 Å². The molecule has 1 aliphatic heterocycles. The summed E-state index contributed by atoms with van der Waals surface area (Å²) in [5.41, 5.74) is 5.62. The van der Waals surface area contributed by atoms with E-state index in [9.17, 15) is 8.42 Å². The predicted molar refractivity (Wildman–Crippen MR) is 43.6 cm³/mol. The first-order valence-electron chi connectivity index (χ1n) is 3.71. The van der Waals surface area contributed by atoms with Gasteiger partial charge >= 0.3 is 0 Å². The molecule has 1 heterocycles. The van der Waals surface area contributed by atoms with Crippen molar-refractivity contribution in [3.63, 3.8) is 0 Å². The average molecular weight is 178 g/mol. The quantitative estimate of drug-likeness (QED) is 0.581. The van der Waals surface area contributed by atoms with Gasteiger partial charge in [-0.05, 0) is 12.8 Å². The molecule has 4 nitrogen and oxygen atoms in total. The molecule has 11 heavy (non-hydrogen) atoms. The lowest BCUT2D eigenvalue weighted by Crippen LogP contribution is -2.45. The zero-order chi connectivity index (χ0) is 8.48. The Kier molecular flexibility index (Phi) is 2.51. The van der Waals surface area contributed by atoms with Crippen molar-refractivity contribution in [2.24, 2.45) is 5.73 Å². The number of hydrogen-bond acceptors (Lipinski definition) is 3. The van der Waals surface area contributed by atoms with Crippen LogP contribution in [0.5, 0.6) is 0 Å². The molecule has 0 aromatic rings. The van der Waals surface area contributed by atoms with Gasteiger partial charge < -0.3 is 5.73 Å². The summed E-state index contributed by atoms with van der Waals surface area (Å²) in [4.78, 5) is 0. The molecule has 0 aromatic heterocycles. The van der Waals surface area contributed by atoms with E-state index in [1.54, 1.807) is 0 Å². The van der Waals surface area contributed by atoms with Gasteiger partial charge in [-0.15, -0.1) is 0 Å². The fraction of sp³-hybridized carbons (Fsp3) is 1.00. The molecule has 0 spiro atoms. The maximum Gasteiger partial charge on any atom is 0.211 e. The SMILES string of the molecule is CS(=O)(=O)N1CCCC(N)C1. The fourth-order valence-electron chi connectivity index (χ4n) is 1.28. The molecular formula is C6H14N2O2S. The van der Waals surface area contributed by atoms with E-state index in [1.165, 1.54) is 10.6 Å². The molecular weight excluding hydrogens is 164 g/mol. The average Bonchev–Trinajstić information content (AvgIpc) is 1.86. The van der Waals surface area contributed by atoms with E-state index < -0.39 is 10.0 Å². The molecule has 1 unspecified atom stereocenters. The third kappa shape index (κ3) is 2.43. The number of piperidine rings is 1. The van der Waals surface area contributed by atoms with Gasteiger partial charge in [0.25, 0.3) is 0 Å². The molecule has 2 N–H and O–H groups in total. The van der Waals surface area contributed by atoms with Crippen LogP contribution in [0.1, 0.15) is 12.8 Å². The monoisotopic (exact) mass is 178 g/mol. The molecule has 1 rings (SSSR count). The lowest BCUT2D eigenvalue weighted by atomic mass is 10.1. The van der Waals surface area contributed by atoms with E-state index in [0.29, 0.717) is 13.1 Å². The first-order valence-corrected chi connectivity index (χ1v) is 5.55. The molecule has 66 valence electrons. The smallest absolute Gasteiger partial charge is 0.211 e. The summed E-state index contributed by atoms with van der Waals surface area (Å²) in [7, 11) is -3.01. The van der Waals surface area contributed by atoms with Gasteiger partial charge in [-0.3, -0.25) is 0 Å². The molecule has 0 aliphatic carbocycles. The maximum atomic E-state index is 11.0. The molecule has 0 amide bonds. The van der Waals surface area contributed by atoms with Gasteiger partial charge in [0.2, 0.25) is 10.0 Å². The van der Waals surface area contributed by atoms with Crippen LogP contribution in [0, 0.1) is 0 Å². The van der Waals surface area contributed by atoms with Crippen molar-refractivity contribution in [3.8, 4) is 0 Å². The van der Waals surface area contributed by atoms with Crippen LogP contribution in [0.3, 0.4) is 0 Å². The summed E-state index contributed by atoms with van der Waals surface area (Å²) in [6, 6.07) is 0.0264. The van der Waals surface area contributed by atoms with Gasteiger partial charge in [-0.1, -0.05) is 0 Å². The lowest BCUT2D eigenvalue weighted by Gasteiger charge is -2.28. The Hall–Kier alpha value is -0.130. The van der Waals surface area contributed by atoms with Crippen molar-refractivity contribution in [2.75, 3.05) is 19.3 Å². The second-order valence-electron chi connectivity index (χ2n) is 3.02. The van der Waals surface area contributed by atoms with Crippen molar-refractivity contribution in [1.82, 2.24) is 4.31 Å². The molecule has 0 bridgehead atoms. The van der Waals surface area contributed by atoms with Crippen molar-refractivity contribution < 1.29 is 8.42 Å². The van der Waals surface area contributed by atoms with Crippen LogP contribution in [-0.2, 0) is 10.0 Å². The van der Waals surface area contributed by atoms with E-state index >= 15 is 0 Å². The lowest BCUT2D eigenvalue weighted by molar-refractivity contribution is 0.318. The standard InChI is InChI=1S/C6H14N2O2S/c1-11(9,10)8-4-2-3-6(7)5-8/h6H,2-5,7H2,1H3. The molecule has 1 fully saturated rings. The third-order valence-electron chi connectivity index (χ3n) is 1.89. The number of sulfonamides is 1. The Morgan fingerprint density at radius 1 is 1.55 bits per heavy atom. The van der Waals surface area contributed by atoms with E-state index in [-0.39, 0.29) is 6.04 Å². The minimum absolute atomic E-state index is 0.0264. The first-order chi connectivity index (χ1) is 5.00. The highest BCUT2D eigenvalue weighted by molar-refractivity contribution is 7.88. The number of hydrogen-bond donors (Lipinski definition) is 1. The minimum Gasteiger partial charge on any atom is -0.327 e. The third-order valence-corrected chi connectivity index (χ3v) is 3.16. The van der Waals surface area contributed by atoms with E-state index in [0.717, 1.165) is 12.8 Å². The first kappa shape index (κ1) is 8.96. The Morgan fingerprint density at radius 3 is 2.55 bits per heavy atom. The summed E-state index contributed by atoms with van der Waals surface area (Å²) in [5.74, 6) is 0. The highest BCUT2D eigenvalue weighted by Gasteiger charge is 2.23. The Bertz CT molecular complexity index is 225. The highest BCUT2D eigenvalue weighted by atomic mass is 32.2. The van der Waals surface area contributed by atoms with E-state index in [4.69, 9.17) is 5.73 Å². The number of nitrogens with two attached hydrogens (primary N) is 1. The van der Waals surface area contributed by atoms with Gasteiger partial charge in [0.1, 0.15) is 0 Å². The molecule has 0 radical (unpaired) electrons. The molecule has 5 heteroatoms. The predicted octanol–water partition coefficient (Wildman–Crippen LogP) is -0.631. The Balaban J connectivity index is 2.60. The summed E-state index contributed by atoms with van der Waals surface area (Å²) in [6.45, 7) is 1.12. The molecule has 0 saturated carbocycles. The minimum atomic E-state index is -3.01. The highest BCUT2D eigenvalue weighted by Crippen LogP contribution is 2.10. The number of rotatable bonds is 1. The van der Waals surface area contributed by atoms with E-state index in [1.807, 2.05) is 0 Å². The molecule has 1 atom stereocenters. The zero-order valence-corrected chi connectivity index (χ0v) is 7.47. The van der Waals surface area contributed by atoms with Gasteiger partial charge in [-0.25, -0.2) is 12.7 Å².